The normalized spacial score (nSPS) is 23.6. The predicted octanol–water partition coefficient (Wildman–Crippen LogP) is 0.704. The monoisotopic (exact) mass is 284 g/mol. The Bertz CT molecular complexity index is 490. The fraction of sp³-hybridized carbons (Fsp3) is 0.615. The molecule has 0 bridgehead atoms. The lowest BCUT2D eigenvalue weighted by Crippen LogP contribution is -2.31. The average Bonchev–Trinajstić information content (AvgIpc) is 2.82. The average molecular weight is 284 g/mol. The summed E-state index contributed by atoms with van der Waals surface area (Å²) in [6.45, 7) is 0.432. The van der Waals surface area contributed by atoms with Gasteiger partial charge in [-0.25, -0.2) is 13.1 Å². The molecular formula is C13H20N2O3S. The van der Waals surface area contributed by atoms with Crippen molar-refractivity contribution in [2.45, 2.75) is 31.8 Å². The van der Waals surface area contributed by atoms with Crippen molar-refractivity contribution in [1.29, 1.82) is 0 Å². The van der Waals surface area contributed by atoms with Crippen molar-refractivity contribution in [3.8, 4) is 0 Å². The number of aliphatic hydroxyl groups excluding tert-OH is 1. The van der Waals surface area contributed by atoms with E-state index in [4.69, 9.17) is 0 Å². The van der Waals surface area contributed by atoms with Crippen LogP contribution in [-0.2, 0) is 16.4 Å². The molecule has 6 heteroatoms. The van der Waals surface area contributed by atoms with Crippen molar-refractivity contribution in [2.24, 2.45) is 5.92 Å². The first-order chi connectivity index (χ1) is 9.05. The van der Waals surface area contributed by atoms with Gasteiger partial charge in [-0.1, -0.05) is 6.07 Å². The Morgan fingerprint density at radius 1 is 1.37 bits per heavy atom. The number of aliphatic hydroxyl groups is 1. The summed E-state index contributed by atoms with van der Waals surface area (Å²) in [5.41, 5.74) is 0.782. The van der Waals surface area contributed by atoms with Crippen LogP contribution in [0.15, 0.2) is 24.4 Å². The minimum Gasteiger partial charge on any atom is -0.393 e. The van der Waals surface area contributed by atoms with Crippen LogP contribution in [0.25, 0.3) is 0 Å². The third kappa shape index (κ3) is 4.89. The summed E-state index contributed by atoms with van der Waals surface area (Å²) in [5.74, 6) is 0.318. The van der Waals surface area contributed by atoms with Gasteiger partial charge in [-0.2, -0.15) is 0 Å². The number of pyridine rings is 1. The van der Waals surface area contributed by atoms with Gasteiger partial charge in [0.2, 0.25) is 10.0 Å². The minimum absolute atomic E-state index is 0.0548. The molecule has 19 heavy (non-hydrogen) atoms. The number of sulfonamides is 1. The van der Waals surface area contributed by atoms with E-state index in [1.165, 1.54) is 0 Å². The molecule has 2 N–H and O–H groups in total. The summed E-state index contributed by atoms with van der Waals surface area (Å²) in [4.78, 5) is 4.10. The van der Waals surface area contributed by atoms with Crippen molar-refractivity contribution < 1.29 is 13.5 Å². The van der Waals surface area contributed by atoms with Gasteiger partial charge in [-0.3, -0.25) is 4.98 Å². The number of hydrogen-bond acceptors (Lipinski definition) is 4. The zero-order valence-corrected chi connectivity index (χ0v) is 11.6. The van der Waals surface area contributed by atoms with E-state index in [0.717, 1.165) is 18.5 Å². The van der Waals surface area contributed by atoms with Crippen LogP contribution in [0.1, 0.15) is 25.0 Å². The molecule has 2 atom stereocenters. The second kappa shape index (κ2) is 6.45. The van der Waals surface area contributed by atoms with Gasteiger partial charge in [0.05, 0.1) is 11.9 Å². The van der Waals surface area contributed by atoms with Gasteiger partial charge >= 0.3 is 0 Å². The van der Waals surface area contributed by atoms with Gasteiger partial charge in [-0.05, 0) is 37.3 Å². The summed E-state index contributed by atoms with van der Waals surface area (Å²) in [6, 6.07) is 5.48. The van der Waals surface area contributed by atoms with Crippen molar-refractivity contribution in [3.63, 3.8) is 0 Å². The van der Waals surface area contributed by atoms with Gasteiger partial charge in [-0.15, -0.1) is 0 Å². The molecule has 2 rings (SSSR count). The van der Waals surface area contributed by atoms with Gasteiger partial charge in [0.15, 0.2) is 0 Å². The Morgan fingerprint density at radius 2 is 2.21 bits per heavy atom. The third-order valence-electron chi connectivity index (χ3n) is 3.46. The Balaban J connectivity index is 1.76. The lowest BCUT2D eigenvalue weighted by atomic mass is 10.1. The van der Waals surface area contributed by atoms with Gasteiger partial charge < -0.3 is 5.11 Å². The second-order valence-corrected chi connectivity index (χ2v) is 7.00. The highest BCUT2D eigenvalue weighted by atomic mass is 32.2. The molecule has 0 radical (unpaired) electrons. The highest BCUT2D eigenvalue weighted by molar-refractivity contribution is 7.89. The van der Waals surface area contributed by atoms with Crippen molar-refractivity contribution in [1.82, 2.24) is 9.71 Å². The zero-order valence-electron chi connectivity index (χ0n) is 10.8. The minimum atomic E-state index is -3.26. The standard InChI is InChI=1S/C13H20N2O3S/c16-13-5-4-11(9-13)10-15-19(17,18)8-6-12-3-1-2-7-14-12/h1-3,7,11,13,15-16H,4-6,8-10H2. The predicted molar refractivity (Wildman–Crippen MR) is 73.1 cm³/mol. The number of hydrogen-bond donors (Lipinski definition) is 2. The first-order valence-corrected chi connectivity index (χ1v) is 8.26. The van der Waals surface area contributed by atoms with Crippen LogP contribution in [-0.4, -0.2) is 36.9 Å². The summed E-state index contributed by atoms with van der Waals surface area (Å²) in [6.07, 6.45) is 4.19. The molecule has 1 fully saturated rings. The molecule has 0 aliphatic heterocycles. The summed E-state index contributed by atoms with van der Waals surface area (Å²) < 4.78 is 26.3. The summed E-state index contributed by atoms with van der Waals surface area (Å²) in [5, 5.41) is 9.40. The fourth-order valence-electron chi connectivity index (χ4n) is 2.34. The van der Waals surface area contributed by atoms with Crippen LogP contribution in [0, 0.1) is 5.92 Å². The number of aryl methyl sites for hydroxylation is 1. The maximum atomic E-state index is 11.8. The molecule has 1 aliphatic rings. The van der Waals surface area contributed by atoms with Gasteiger partial charge in [0.1, 0.15) is 0 Å². The van der Waals surface area contributed by atoms with Crippen LogP contribution in [0.5, 0.6) is 0 Å². The number of rotatable bonds is 6. The Hall–Kier alpha value is -0.980. The molecule has 0 amide bonds. The largest absolute Gasteiger partial charge is 0.393 e. The second-order valence-electron chi connectivity index (χ2n) is 5.07. The SMILES string of the molecule is O=S(=O)(CCc1ccccn1)NCC1CCC(O)C1. The Labute approximate surface area is 114 Å². The van der Waals surface area contributed by atoms with E-state index in [1.807, 2.05) is 18.2 Å². The van der Waals surface area contributed by atoms with E-state index in [1.54, 1.807) is 6.20 Å². The van der Waals surface area contributed by atoms with Crippen molar-refractivity contribution >= 4 is 10.0 Å². The van der Waals surface area contributed by atoms with E-state index in [9.17, 15) is 13.5 Å². The molecule has 0 saturated heterocycles. The highest BCUT2D eigenvalue weighted by Crippen LogP contribution is 2.24. The molecule has 1 aromatic heterocycles. The number of aromatic nitrogens is 1. The first kappa shape index (κ1) is 14.4. The van der Waals surface area contributed by atoms with E-state index >= 15 is 0 Å². The van der Waals surface area contributed by atoms with E-state index < -0.39 is 10.0 Å². The smallest absolute Gasteiger partial charge is 0.211 e. The zero-order chi connectivity index (χ0) is 13.7. The molecule has 1 saturated carbocycles. The molecule has 5 nitrogen and oxygen atoms in total. The maximum absolute atomic E-state index is 11.8. The van der Waals surface area contributed by atoms with Crippen LogP contribution in [0.4, 0.5) is 0 Å². The van der Waals surface area contributed by atoms with E-state index in [2.05, 4.69) is 9.71 Å². The lowest BCUT2D eigenvalue weighted by molar-refractivity contribution is 0.178. The molecule has 0 aromatic carbocycles. The van der Waals surface area contributed by atoms with Crippen molar-refractivity contribution in [3.05, 3.63) is 30.1 Å². The Morgan fingerprint density at radius 3 is 2.84 bits per heavy atom. The molecule has 1 aliphatic carbocycles. The maximum Gasteiger partial charge on any atom is 0.211 e. The van der Waals surface area contributed by atoms with Crippen LogP contribution in [0.2, 0.25) is 0 Å². The van der Waals surface area contributed by atoms with Crippen molar-refractivity contribution in [2.75, 3.05) is 12.3 Å². The summed E-state index contributed by atoms with van der Waals surface area (Å²) in [7, 11) is -3.26. The first-order valence-electron chi connectivity index (χ1n) is 6.60. The highest BCUT2D eigenvalue weighted by Gasteiger charge is 2.24. The molecule has 106 valence electrons. The van der Waals surface area contributed by atoms with Crippen LogP contribution < -0.4 is 4.72 Å². The molecular weight excluding hydrogens is 264 g/mol. The van der Waals surface area contributed by atoms with Crippen LogP contribution >= 0.6 is 0 Å². The fourth-order valence-corrected chi connectivity index (χ4v) is 3.45. The van der Waals surface area contributed by atoms with E-state index in [-0.39, 0.29) is 17.8 Å². The quantitative estimate of drug-likeness (QED) is 0.806. The number of nitrogens with zero attached hydrogens (tertiary/aromatic N) is 1. The molecule has 2 unspecified atom stereocenters. The van der Waals surface area contributed by atoms with E-state index in [0.29, 0.717) is 19.4 Å². The van der Waals surface area contributed by atoms with Gasteiger partial charge in [0, 0.05) is 24.9 Å². The Kier molecular flexibility index (Phi) is 4.90. The topological polar surface area (TPSA) is 79.3 Å². The summed E-state index contributed by atoms with van der Waals surface area (Å²) >= 11 is 0. The lowest BCUT2D eigenvalue weighted by Gasteiger charge is -2.11. The van der Waals surface area contributed by atoms with Gasteiger partial charge in [0.25, 0.3) is 0 Å². The number of nitrogens with one attached hydrogen (secondary N) is 1. The molecule has 0 spiro atoms. The van der Waals surface area contributed by atoms with Crippen LogP contribution in [0.3, 0.4) is 0 Å². The molecule has 1 aromatic rings. The third-order valence-corrected chi connectivity index (χ3v) is 4.81. The molecule has 1 heterocycles.